The van der Waals surface area contributed by atoms with Crippen LogP contribution >= 0.6 is 11.8 Å². The van der Waals surface area contributed by atoms with Crippen molar-refractivity contribution in [3.63, 3.8) is 0 Å². The molecule has 35 heavy (non-hydrogen) atoms. The van der Waals surface area contributed by atoms with Crippen LogP contribution in [0, 0.1) is 11.7 Å². The summed E-state index contributed by atoms with van der Waals surface area (Å²) in [5, 5.41) is 2.09. The molecule has 0 aromatic heterocycles. The number of thioether (sulfide) groups is 1. The van der Waals surface area contributed by atoms with E-state index in [-0.39, 0.29) is 30.8 Å². The summed E-state index contributed by atoms with van der Waals surface area (Å²) in [6, 6.07) is 1.75. The van der Waals surface area contributed by atoms with Gasteiger partial charge in [-0.3, -0.25) is 24.1 Å². The first kappa shape index (κ1) is 26.7. The van der Waals surface area contributed by atoms with E-state index < -0.39 is 52.6 Å². The highest BCUT2D eigenvalue weighted by atomic mass is 32.2. The lowest BCUT2D eigenvalue weighted by atomic mass is 10.00. The van der Waals surface area contributed by atoms with E-state index in [4.69, 9.17) is 0 Å². The Morgan fingerprint density at radius 3 is 2.40 bits per heavy atom. The maximum Gasteiger partial charge on any atom is 0.417 e. The van der Waals surface area contributed by atoms with Crippen molar-refractivity contribution in [2.75, 3.05) is 26.2 Å². The van der Waals surface area contributed by atoms with Crippen LogP contribution in [0.4, 0.5) is 22.4 Å². The number of imide groups is 1. The first-order valence-corrected chi connectivity index (χ1v) is 11.9. The van der Waals surface area contributed by atoms with Gasteiger partial charge in [-0.05, 0) is 60.7 Å². The molecule has 0 spiro atoms. The third kappa shape index (κ3) is 6.41. The molecule has 1 N–H and O–H groups in total. The van der Waals surface area contributed by atoms with Crippen LogP contribution in [0.2, 0.25) is 0 Å². The number of hydrogen-bond acceptors (Lipinski definition) is 5. The Kier molecular flexibility index (Phi) is 8.24. The molecule has 190 valence electrons. The number of carbonyl (C=O) groups excluding carboxylic acids is 4. The van der Waals surface area contributed by atoms with Crippen molar-refractivity contribution in [2.24, 2.45) is 5.92 Å². The summed E-state index contributed by atoms with van der Waals surface area (Å²) < 4.78 is 53.4. The molecule has 2 aliphatic heterocycles. The van der Waals surface area contributed by atoms with Crippen molar-refractivity contribution in [2.45, 2.75) is 39.3 Å². The van der Waals surface area contributed by atoms with Gasteiger partial charge >= 0.3 is 6.18 Å². The highest BCUT2D eigenvalue weighted by Crippen LogP contribution is 2.37. The van der Waals surface area contributed by atoms with E-state index in [1.807, 2.05) is 13.8 Å². The lowest BCUT2D eigenvalue weighted by Crippen LogP contribution is -2.40. The van der Waals surface area contributed by atoms with Gasteiger partial charge in [0.1, 0.15) is 12.4 Å². The Hall–Kier alpha value is -2.89. The van der Waals surface area contributed by atoms with Gasteiger partial charge in [-0.15, -0.1) is 0 Å². The Morgan fingerprint density at radius 2 is 1.80 bits per heavy atom. The van der Waals surface area contributed by atoms with Crippen molar-refractivity contribution in [1.82, 2.24) is 15.1 Å². The highest BCUT2D eigenvalue weighted by molar-refractivity contribution is 8.18. The van der Waals surface area contributed by atoms with E-state index in [1.54, 1.807) is 0 Å². The van der Waals surface area contributed by atoms with Gasteiger partial charge in [0.2, 0.25) is 5.91 Å². The smallest absolute Gasteiger partial charge is 0.355 e. The topological polar surface area (TPSA) is 86.8 Å². The van der Waals surface area contributed by atoms with Gasteiger partial charge in [-0.25, -0.2) is 4.39 Å². The number of amides is 4. The second kappa shape index (κ2) is 10.8. The first-order valence-electron chi connectivity index (χ1n) is 11.1. The minimum atomic E-state index is -4.82. The van der Waals surface area contributed by atoms with Crippen LogP contribution in [-0.4, -0.2) is 58.9 Å². The minimum absolute atomic E-state index is 0.00317. The summed E-state index contributed by atoms with van der Waals surface area (Å²) in [5.41, 5.74) is -1.40. The molecular weight excluding hydrogens is 490 g/mol. The fraction of sp³-hybridized carbons (Fsp3) is 0.478. The zero-order valence-corrected chi connectivity index (χ0v) is 20.0. The summed E-state index contributed by atoms with van der Waals surface area (Å²) in [7, 11) is 0. The third-order valence-electron chi connectivity index (χ3n) is 5.69. The molecule has 0 saturated carbocycles. The Labute approximate surface area is 203 Å². The number of benzene rings is 1. The molecule has 0 atom stereocenters. The van der Waals surface area contributed by atoms with Gasteiger partial charge in [0.25, 0.3) is 17.1 Å². The molecule has 2 heterocycles. The minimum Gasteiger partial charge on any atom is -0.355 e. The van der Waals surface area contributed by atoms with Crippen LogP contribution in [0.3, 0.4) is 0 Å². The largest absolute Gasteiger partial charge is 0.417 e. The van der Waals surface area contributed by atoms with E-state index in [9.17, 15) is 36.7 Å². The van der Waals surface area contributed by atoms with Gasteiger partial charge in [-0.1, -0.05) is 13.8 Å². The molecule has 3 rings (SSSR count). The van der Waals surface area contributed by atoms with Crippen LogP contribution < -0.4 is 5.32 Å². The van der Waals surface area contributed by atoms with Gasteiger partial charge in [0, 0.05) is 19.6 Å². The molecule has 0 unspecified atom stereocenters. The number of rotatable bonds is 6. The Balaban J connectivity index is 1.66. The maximum atomic E-state index is 13.6. The fourth-order valence-corrected chi connectivity index (χ4v) is 4.75. The standard InChI is InChI=1S/C23H25F4N3O4S/c1-13(2)5-8-28-18(31)12-30-21(33)19(35-22(30)34)14-6-9-29(10-7-14)20(32)16-11-15(24)3-4-17(16)23(25,26)27/h3-4,11,13H,5-10,12H2,1-2H3,(H,28,31). The van der Waals surface area contributed by atoms with Gasteiger partial charge < -0.3 is 10.2 Å². The zero-order chi connectivity index (χ0) is 25.9. The SMILES string of the molecule is CC(C)CCNC(=O)CN1C(=O)SC(=C2CCN(C(=O)c3cc(F)ccc3C(F)(F)F)CC2)C1=O. The summed E-state index contributed by atoms with van der Waals surface area (Å²) in [5.74, 6) is -2.58. The van der Waals surface area contributed by atoms with Gasteiger partial charge in [0.15, 0.2) is 0 Å². The number of halogens is 4. The normalized spacial score (nSPS) is 17.0. The quantitative estimate of drug-likeness (QED) is 0.454. The van der Waals surface area contributed by atoms with Crippen LogP contribution in [0.15, 0.2) is 28.7 Å². The molecule has 0 radical (unpaired) electrons. The number of alkyl halides is 3. The van der Waals surface area contributed by atoms with Crippen LogP contribution in [-0.2, 0) is 15.8 Å². The number of carbonyl (C=O) groups is 4. The van der Waals surface area contributed by atoms with Crippen molar-refractivity contribution in [3.8, 4) is 0 Å². The van der Waals surface area contributed by atoms with E-state index in [2.05, 4.69) is 5.32 Å². The predicted molar refractivity (Wildman–Crippen MR) is 121 cm³/mol. The summed E-state index contributed by atoms with van der Waals surface area (Å²) in [4.78, 5) is 52.1. The average Bonchev–Trinajstić information content (AvgIpc) is 3.06. The second-order valence-corrected chi connectivity index (χ2v) is 9.67. The van der Waals surface area contributed by atoms with E-state index in [0.717, 1.165) is 11.3 Å². The van der Waals surface area contributed by atoms with Crippen LogP contribution in [0.1, 0.15) is 49.0 Å². The monoisotopic (exact) mass is 515 g/mol. The fourth-order valence-electron chi connectivity index (χ4n) is 3.77. The number of likely N-dealkylation sites (tertiary alicyclic amines) is 1. The maximum absolute atomic E-state index is 13.6. The number of nitrogens with zero attached hydrogens (tertiary/aromatic N) is 2. The molecule has 0 aliphatic carbocycles. The van der Waals surface area contributed by atoms with Crippen molar-refractivity contribution >= 4 is 34.7 Å². The average molecular weight is 516 g/mol. The Morgan fingerprint density at radius 1 is 1.14 bits per heavy atom. The zero-order valence-electron chi connectivity index (χ0n) is 19.2. The number of hydrogen-bond donors (Lipinski definition) is 1. The van der Waals surface area contributed by atoms with Crippen molar-refractivity contribution in [1.29, 1.82) is 0 Å². The van der Waals surface area contributed by atoms with Gasteiger partial charge in [-0.2, -0.15) is 13.2 Å². The summed E-state index contributed by atoms with van der Waals surface area (Å²) in [6.45, 7) is 4.04. The lowest BCUT2D eigenvalue weighted by Gasteiger charge is -2.30. The predicted octanol–water partition coefficient (Wildman–Crippen LogP) is 4.19. The third-order valence-corrected chi connectivity index (χ3v) is 6.75. The molecule has 7 nitrogen and oxygen atoms in total. The molecule has 4 amide bonds. The molecule has 2 fully saturated rings. The van der Waals surface area contributed by atoms with E-state index in [0.29, 0.717) is 48.0 Å². The number of piperidine rings is 1. The first-order chi connectivity index (χ1) is 16.4. The highest BCUT2D eigenvalue weighted by Gasteiger charge is 2.40. The molecule has 2 saturated heterocycles. The molecule has 12 heteroatoms. The second-order valence-electron chi connectivity index (χ2n) is 8.70. The molecule has 0 bridgehead atoms. The molecule has 1 aromatic carbocycles. The lowest BCUT2D eigenvalue weighted by molar-refractivity contribution is -0.138. The molecular formula is C23H25F4N3O4S. The van der Waals surface area contributed by atoms with Crippen LogP contribution in [0.5, 0.6) is 0 Å². The van der Waals surface area contributed by atoms with E-state index in [1.165, 1.54) is 4.90 Å². The van der Waals surface area contributed by atoms with E-state index >= 15 is 0 Å². The molecule has 1 aromatic rings. The van der Waals surface area contributed by atoms with Crippen molar-refractivity contribution < 1.29 is 36.7 Å². The number of nitrogens with one attached hydrogen (secondary N) is 1. The van der Waals surface area contributed by atoms with Crippen LogP contribution in [0.25, 0.3) is 0 Å². The Bertz CT molecular complexity index is 1060. The molecule has 2 aliphatic rings. The summed E-state index contributed by atoms with van der Waals surface area (Å²) >= 11 is 0.708. The summed E-state index contributed by atoms with van der Waals surface area (Å²) in [6.07, 6.45) is -3.73. The van der Waals surface area contributed by atoms with Crippen molar-refractivity contribution in [3.05, 3.63) is 45.6 Å². The van der Waals surface area contributed by atoms with Gasteiger partial charge in [0.05, 0.1) is 16.0 Å².